The summed E-state index contributed by atoms with van der Waals surface area (Å²) in [5.74, 6) is -2.18. The van der Waals surface area contributed by atoms with Crippen LogP contribution in [0.2, 0.25) is 5.02 Å². The number of nitrogens with zero attached hydrogens (tertiary/aromatic N) is 1. The predicted molar refractivity (Wildman–Crippen MR) is 115 cm³/mol. The van der Waals surface area contributed by atoms with E-state index < -0.39 is 17.6 Å². The largest absolute Gasteiger partial charge is 0.351 e. The van der Waals surface area contributed by atoms with Crippen LogP contribution in [0.4, 0.5) is 10.1 Å². The molecule has 8 heteroatoms. The maximum absolute atomic E-state index is 13.5. The molecule has 1 saturated heterocycles. The van der Waals surface area contributed by atoms with Crippen LogP contribution in [0.3, 0.4) is 0 Å². The van der Waals surface area contributed by atoms with Crippen molar-refractivity contribution < 1.29 is 18.8 Å². The molecule has 162 valence electrons. The molecule has 6 nitrogen and oxygen atoms in total. The van der Waals surface area contributed by atoms with E-state index in [0.29, 0.717) is 29.8 Å². The van der Waals surface area contributed by atoms with Gasteiger partial charge in [-0.25, -0.2) is 4.39 Å². The minimum Gasteiger partial charge on any atom is -0.351 e. The molecular formula is C23H23ClFN3O3. The van der Waals surface area contributed by atoms with Crippen molar-refractivity contribution in [3.05, 3.63) is 64.4 Å². The van der Waals surface area contributed by atoms with Crippen molar-refractivity contribution >= 4 is 35.0 Å². The molecule has 2 aliphatic rings. The molecule has 2 aromatic rings. The maximum Gasteiger partial charge on any atom is 0.251 e. The van der Waals surface area contributed by atoms with Crippen molar-refractivity contribution in [3.8, 4) is 0 Å². The number of hydrogen-bond donors (Lipinski definition) is 2. The smallest absolute Gasteiger partial charge is 0.251 e. The molecule has 0 aromatic heterocycles. The second kappa shape index (κ2) is 9.06. The van der Waals surface area contributed by atoms with Crippen molar-refractivity contribution in [2.45, 2.75) is 38.3 Å². The Balaban J connectivity index is 1.38. The molecule has 2 N–H and O–H groups in total. The number of amides is 3. The molecule has 1 saturated carbocycles. The zero-order valence-corrected chi connectivity index (χ0v) is 17.6. The van der Waals surface area contributed by atoms with E-state index in [1.165, 1.54) is 17.0 Å². The van der Waals surface area contributed by atoms with Crippen LogP contribution >= 0.6 is 11.6 Å². The Morgan fingerprint density at radius 1 is 1.13 bits per heavy atom. The van der Waals surface area contributed by atoms with Crippen molar-refractivity contribution in [2.24, 2.45) is 5.92 Å². The third kappa shape index (κ3) is 4.88. The molecule has 31 heavy (non-hydrogen) atoms. The highest BCUT2D eigenvalue weighted by Crippen LogP contribution is 2.27. The molecule has 4 rings (SSSR count). The van der Waals surface area contributed by atoms with Gasteiger partial charge in [-0.1, -0.05) is 17.7 Å². The van der Waals surface area contributed by atoms with Crippen LogP contribution in [0.25, 0.3) is 0 Å². The second-order valence-electron chi connectivity index (χ2n) is 7.98. The van der Waals surface area contributed by atoms with Crippen molar-refractivity contribution in [3.63, 3.8) is 0 Å². The van der Waals surface area contributed by atoms with Gasteiger partial charge in [0.05, 0.1) is 0 Å². The normalized spacial score (nSPS) is 18.6. The molecule has 1 atom stereocenters. The Morgan fingerprint density at radius 3 is 2.65 bits per heavy atom. The fourth-order valence-electron chi connectivity index (χ4n) is 3.84. The van der Waals surface area contributed by atoms with E-state index in [4.69, 9.17) is 11.6 Å². The van der Waals surface area contributed by atoms with Crippen molar-refractivity contribution in [1.29, 1.82) is 0 Å². The lowest BCUT2D eigenvalue weighted by molar-refractivity contribution is -0.132. The Kier molecular flexibility index (Phi) is 6.23. The minimum atomic E-state index is -0.823. The van der Waals surface area contributed by atoms with Crippen LogP contribution in [-0.4, -0.2) is 30.3 Å². The SMILES string of the molecule is O=C(NC1CCC1)c1cccc(N2CCC(C(=O)NCc3cc(F)cc(Cl)c3)C2=O)c1. The molecule has 1 aliphatic heterocycles. The average molecular weight is 444 g/mol. The highest BCUT2D eigenvalue weighted by Gasteiger charge is 2.37. The number of halogens is 2. The molecule has 2 fully saturated rings. The number of rotatable bonds is 6. The summed E-state index contributed by atoms with van der Waals surface area (Å²) in [5, 5.41) is 5.92. The molecular weight excluding hydrogens is 421 g/mol. The molecule has 0 spiro atoms. The first-order chi connectivity index (χ1) is 14.9. The molecule has 3 amide bonds. The van der Waals surface area contributed by atoms with Gasteiger partial charge in [0.15, 0.2) is 0 Å². The Morgan fingerprint density at radius 2 is 1.94 bits per heavy atom. The number of anilines is 1. The fraction of sp³-hybridized carbons (Fsp3) is 0.348. The van der Waals surface area contributed by atoms with Crippen LogP contribution < -0.4 is 15.5 Å². The van der Waals surface area contributed by atoms with Crippen LogP contribution in [0.5, 0.6) is 0 Å². The molecule has 0 bridgehead atoms. The summed E-state index contributed by atoms with van der Waals surface area (Å²) in [6, 6.07) is 11.2. The van der Waals surface area contributed by atoms with Gasteiger partial charge in [0.2, 0.25) is 11.8 Å². The summed E-state index contributed by atoms with van der Waals surface area (Å²) in [7, 11) is 0. The number of benzene rings is 2. The molecule has 1 aliphatic carbocycles. The molecule has 0 radical (unpaired) electrons. The van der Waals surface area contributed by atoms with Gasteiger partial charge in [-0.3, -0.25) is 14.4 Å². The number of hydrogen-bond acceptors (Lipinski definition) is 3. The maximum atomic E-state index is 13.5. The van der Waals surface area contributed by atoms with Crippen LogP contribution in [0.1, 0.15) is 41.6 Å². The summed E-state index contributed by atoms with van der Waals surface area (Å²) >= 11 is 5.83. The van der Waals surface area contributed by atoms with Gasteiger partial charge in [0, 0.05) is 35.4 Å². The van der Waals surface area contributed by atoms with E-state index in [0.717, 1.165) is 19.3 Å². The first-order valence-electron chi connectivity index (χ1n) is 10.4. The third-order valence-electron chi connectivity index (χ3n) is 5.77. The summed E-state index contributed by atoms with van der Waals surface area (Å²) in [6.45, 7) is 0.466. The topological polar surface area (TPSA) is 78.5 Å². The van der Waals surface area contributed by atoms with Crippen molar-refractivity contribution in [1.82, 2.24) is 10.6 Å². The van der Waals surface area contributed by atoms with E-state index >= 15 is 0 Å². The standard InChI is InChI=1S/C23H23ClFN3O3/c24-16-9-14(10-17(25)12-16)13-26-22(30)20-7-8-28(23(20)31)19-6-1-3-15(11-19)21(29)27-18-4-2-5-18/h1,3,6,9-12,18,20H,2,4-5,7-8,13H2,(H,26,30)(H,27,29). The molecule has 1 heterocycles. The summed E-state index contributed by atoms with van der Waals surface area (Å²) < 4.78 is 13.5. The van der Waals surface area contributed by atoms with Crippen molar-refractivity contribution in [2.75, 3.05) is 11.4 Å². The monoisotopic (exact) mass is 443 g/mol. The van der Waals surface area contributed by atoms with Gasteiger partial charge in [-0.2, -0.15) is 0 Å². The van der Waals surface area contributed by atoms with Gasteiger partial charge in [0.25, 0.3) is 5.91 Å². The van der Waals surface area contributed by atoms with Gasteiger partial charge < -0.3 is 15.5 Å². The summed E-state index contributed by atoms with van der Waals surface area (Å²) in [5.41, 5.74) is 1.61. The zero-order chi connectivity index (χ0) is 22.0. The Hall–Kier alpha value is -2.93. The lowest BCUT2D eigenvalue weighted by Crippen LogP contribution is -2.39. The second-order valence-corrected chi connectivity index (χ2v) is 8.41. The quantitative estimate of drug-likeness (QED) is 0.671. The first kappa shape index (κ1) is 21.3. The first-order valence-corrected chi connectivity index (χ1v) is 10.7. The van der Waals surface area contributed by atoms with E-state index in [9.17, 15) is 18.8 Å². The van der Waals surface area contributed by atoms with Gasteiger partial charge in [-0.15, -0.1) is 0 Å². The van der Waals surface area contributed by atoms with Crippen LogP contribution in [-0.2, 0) is 16.1 Å². The molecule has 1 unspecified atom stereocenters. The lowest BCUT2D eigenvalue weighted by Gasteiger charge is -2.26. The highest BCUT2D eigenvalue weighted by molar-refractivity contribution is 6.30. The van der Waals surface area contributed by atoms with E-state index in [2.05, 4.69) is 10.6 Å². The van der Waals surface area contributed by atoms with Gasteiger partial charge >= 0.3 is 0 Å². The Labute approximate surface area is 184 Å². The number of nitrogens with one attached hydrogen (secondary N) is 2. The summed E-state index contributed by atoms with van der Waals surface area (Å²) in [6.07, 6.45) is 3.49. The Bertz CT molecular complexity index is 1000. The average Bonchev–Trinajstić information content (AvgIpc) is 3.09. The molecule has 2 aromatic carbocycles. The third-order valence-corrected chi connectivity index (χ3v) is 5.99. The van der Waals surface area contributed by atoms with Gasteiger partial charge in [0.1, 0.15) is 11.7 Å². The van der Waals surface area contributed by atoms with E-state index in [-0.39, 0.29) is 29.4 Å². The fourth-order valence-corrected chi connectivity index (χ4v) is 4.09. The number of carbonyl (C=O) groups excluding carboxylic acids is 3. The summed E-state index contributed by atoms with van der Waals surface area (Å²) in [4.78, 5) is 39.4. The zero-order valence-electron chi connectivity index (χ0n) is 16.9. The number of carbonyl (C=O) groups is 3. The van der Waals surface area contributed by atoms with Crippen LogP contribution in [0.15, 0.2) is 42.5 Å². The lowest BCUT2D eigenvalue weighted by atomic mass is 9.93. The van der Waals surface area contributed by atoms with E-state index in [1.807, 2.05) is 0 Å². The van der Waals surface area contributed by atoms with Crippen LogP contribution in [0, 0.1) is 11.7 Å². The highest BCUT2D eigenvalue weighted by atomic mass is 35.5. The van der Waals surface area contributed by atoms with E-state index in [1.54, 1.807) is 30.3 Å². The minimum absolute atomic E-state index is 0.0803. The predicted octanol–water partition coefficient (Wildman–Crippen LogP) is 3.43. The van der Waals surface area contributed by atoms with Gasteiger partial charge in [-0.05, 0) is 67.6 Å².